The number of benzene rings is 1. The molecule has 1 aromatic carbocycles. The van der Waals surface area contributed by atoms with Crippen LogP contribution in [0.4, 0.5) is 0 Å². The Hall–Kier alpha value is -1.24. The Morgan fingerprint density at radius 2 is 2.15 bits per heavy atom. The van der Waals surface area contributed by atoms with E-state index >= 15 is 0 Å². The number of aromatic hydroxyl groups is 1. The SMILES string of the molecule is C=CCc1cc(O)ccc1C(C)C. The summed E-state index contributed by atoms with van der Waals surface area (Å²) >= 11 is 0. The first-order valence-corrected chi connectivity index (χ1v) is 4.58. The molecule has 1 heteroatoms. The lowest BCUT2D eigenvalue weighted by atomic mass is 9.95. The fourth-order valence-electron chi connectivity index (χ4n) is 1.49. The number of allylic oxidation sites excluding steroid dienone is 1. The van der Waals surface area contributed by atoms with E-state index in [4.69, 9.17) is 0 Å². The molecule has 1 nitrogen and oxygen atoms in total. The van der Waals surface area contributed by atoms with E-state index in [9.17, 15) is 5.11 Å². The van der Waals surface area contributed by atoms with E-state index in [1.165, 1.54) is 11.1 Å². The van der Waals surface area contributed by atoms with Gasteiger partial charge < -0.3 is 5.11 Å². The van der Waals surface area contributed by atoms with Gasteiger partial charge >= 0.3 is 0 Å². The van der Waals surface area contributed by atoms with Crippen molar-refractivity contribution in [3.8, 4) is 5.75 Å². The Morgan fingerprint density at radius 3 is 2.69 bits per heavy atom. The normalized spacial score (nSPS) is 10.4. The standard InChI is InChI=1S/C12H16O/c1-4-5-10-8-11(13)6-7-12(10)9(2)3/h4,6-9,13H,1,5H2,2-3H3. The van der Waals surface area contributed by atoms with Gasteiger partial charge in [-0.15, -0.1) is 6.58 Å². The molecule has 70 valence electrons. The zero-order valence-electron chi connectivity index (χ0n) is 8.25. The number of rotatable bonds is 3. The van der Waals surface area contributed by atoms with Crippen molar-refractivity contribution in [3.05, 3.63) is 42.0 Å². The first kappa shape index (κ1) is 9.85. The average Bonchev–Trinajstić information content (AvgIpc) is 2.04. The summed E-state index contributed by atoms with van der Waals surface area (Å²) in [4.78, 5) is 0. The summed E-state index contributed by atoms with van der Waals surface area (Å²) in [6.45, 7) is 8.01. The van der Waals surface area contributed by atoms with Crippen LogP contribution in [0.5, 0.6) is 5.75 Å². The van der Waals surface area contributed by atoms with Crippen LogP contribution in [0.25, 0.3) is 0 Å². The fourth-order valence-corrected chi connectivity index (χ4v) is 1.49. The van der Waals surface area contributed by atoms with Crippen LogP contribution in [0.1, 0.15) is 30.9 Å². The molecule has 13 heavy (non-hydrogen) atoms. The van der Waals surface area contributed by atoms with E-state index in [0.717, 1.165) is 6.42 Å². The monoisotopic (exact) mass is 176 g/mol. The van der Waals surface area contributed by atoms with E-state index in [1.807, 2.05) is 18.2 Å². The van der Waals surface area contributed by atoms with Gasteiger partial charge in [-0.05, 0) is 35.6 Å². The van der Waals surface area contributed by atoms with Crippen LogP contribution < -0.4 is 0 Å². The quantitative estimate of drug-likeness (QED) is 0.701. The van der Waals surface area contributed by atoms with Crippen LogP contribution in [0, 0.1) is 0 Å². The highest BCUT2D eigenvalue weighted by Crippen LogP contribution is 2.23. The van der Waals surface area contributed by atoms with Crippen molar-refractivity contribution in [2.75, 3.05) is 0 Å². The molecule has 0 bridgehead atoms. The summed E-state index contributed by atoms with van der Waals surface area (Å²) in [5, 5.41) is 9.31. The predicted octanol–water partition coefficient (Wildman–Crippen LogP) is 3.24. The maximum Gasteiger partial charge on any atom is 0.115 e. The van der Waals surface area contributed by atoms with Gasteiger partial charge in [0, 0.05) is 0 Å². The molecule has 0 aliphatic carbocycles. The van der Waals surface area contributed by atoms with Crippen LogP contribution in [-0.4, -0.2) is 5.11 Å². The van der Waals surface area contributed by atoms with E-state index in [-0.39, 0.29) is 0 Å². The molecule has 1 N–H and O–H groups in total. The van der Waals surface area contributed by atoms with E-state index in [0.29, 0.717) is 11.7 Å². The van der Waals surface area contributed by atoms with Crippen molar-refractivity contribution in [2.24, 2.45) is 0 Å². The minimum atomic E-state index is 0.334. The minimum absolute atomic E-state index is 0.334. The van der Waals surface area contributed by atoms with Gasteiger partial charge in [0.1, 0.15) is 5.75 Å². The minimum Gasteiger partial charge on any atom is -0.508 e. The topological polar surface area (TPSA) is 20.2 Å². The zero-order chi connectivity index (χ0) is 9.84. The fraction of sp³-hybridized carbons (Fsp3) is 0.333. The highest BCUT2D eigenvalue weighted by atomic mass is 16.3. The molecular formula is C12H16O. The second kappa shape index (κ2) is 4.13. The molecule has 0 saturated heterocycles. The van der Waals surface area contributed by atoms with Gasteiger partial charge in [-0.25, -0.2) is 0 Å². The zero-order valence-corrected chi connectivity index (χ0v) is 8.25. The third-order valence-corrected chi connectivity index (χ3v) is 2.11. The number of phenols is 1. The Morgan fingerprint density at radius 1 is 1.46 bits per heavy atom. The summed E-state index contributed by atoms with van der Waals surface area (Å²) in [7, 11) is 0. The summed E-state index contributed by atoms with van der Waals surface area (Å²) in [5.74, 6) is 0.830. The molecule has 1 aromatic rings. The second-order valence-corrected chi connectivity index (χ2v) is 3.53. The van der Waals surface area contributed by atoms with Gasteiger partial charge in [-0.2, -0.15) is 0 Å². The number of hydrogen-bond donors (Lipinski definition) is 1. The largest absolute Gasteiger partial charge is 0.508 e. The van der Waals surface area contributed by atoms with Gasteiger partial charge in [-0.1, -0.05) is 26.0 Å². The molecule has 0 radical (unpaired) electrons. The first-order valence-electron chi connectivity index (χ1n) is 4.58. The maximum atomic E-state index is 9.31. The van der Waals surface area contributed by atoms with Gasteiger partial charge in [-0.3, -0.25) is 0 Å². The van der Waals surface area contributed by atoms with E-state index in [2.05, 4.69) is 20.4 Å². The van der Waals surface area contributed by atoms with Crippen LogP contribution in [0.3, 0.4) is 0 Å². The summed E-state index contributed by atoms with van der Waals surface area (Å²) < 4.78 is 0. The van der Waals surface area contributed by atoms with Crippen LogP contribution in [0.15, 0.2) is 30.9 Å². The molecule has 1 rings (SSSR count). The highest BCUT2D eigenvalue weighted by molar-refractivity contribution is 5.37. The van der Waals surface area contributed by atoms with Gasteiger partial charge in [0.05, 0.1) is 0 Å². The molecule has 0 aliphatic heterocycles. The molecule has 0 aliphatic rings. The Kier molecular flexibility index (Phi) is 3.13. The molecule has 0 fully saturated rings. The average molecular weight is 176 g/mol. The number of phenolic OH excluding ortho intramolecular Hbond substituents is 1. The molecule has 0 amide bonds. The van der Waals surface area contributed by atoms with Gasteiger partial charge in [0.15, 0.2) is 0 Å². The van der Waals surface area contributed by atoms with Crippen molar-refractivity contribution in [1.82, 2.24) is 0 Å². The Bertz CT molecular complexity index is 300. The lowest BCUT2D eigenvalue weighted by molar-refractivity contribution is 0.474. The van der Waals surface area contributed by atoms with Crippen molar-refractivity contribution in [1.29, 1.82) is 0 Å². The molecule has 0 heterocycles. The molecule has 0 spiro atoms. The highest BCUT2D eigenvalue weighted by Gasteiger charge is 2.05. The van der Waals surface area contributed by atoms with Crippen LogP contribution >= 0.6 is 0 Å². The molecule has 0 atom stereocenters. The van der Waals surface area contributed by atoms with Crippen molar-refractivity contribution in [2.45, 2.75) is 26.2 Å². The summed E-state index contributed by atoms with van der Waals surface area (Å²) in [5.41, 5.74) is 2.46. The van der Waals surface area contributed by atoms with Gasteiger partial charge in [0.2, 0.25) is 0 Å². The predicted molar refractivity (Wildman–Crippen MR) is 56.1 cm³/mol. The van der Waals surface area contributed by atoms with Crippen LogP contribution in [0.2, 0.25) is 0 Å². The molecule has 0 unspecified atom stereocenters. The van der Waals surface area contributed by atoms with Crippen molar-refractivity contribution >= 4 is 0 Å². The maximum absolute atomic E-state index is 9.31. The lowest BCUT2D eigenvalue weighted by Gasteiger charge is -2.11. The second-order valence-electron chi connectivity index (χ2n) is 3.53. The summed E-state index contributed by atoms with van der Waals surface area (Å²) in [6.07, 6.45) is 2.68. The van der Waals surface area contributed by atoms with Crippen molar-refractivity contribution < 1.29 is 5.11 Å². The third kappa shape index (κ3) is 2.35. The first-order chi connectivity index (χ1) is 6.15. The Balaban J connectivity index is 3.10. The smallest absolute Gasteiger partial charge is 0.115 e. The van der Waals surface area contributed by atoms with E-state index < -0.39 is 0 Å². The number of hydrogen-bond acceptors (Lipinski definition) is 1. The molecular weight excluding hydrogens is 160 g/mol. The van der Waals surface area contributed by atoms with Crippen molar-refractivity contribution in [3.63, 3.8) is 0 Å². The lowest BCUT2D eigenvalue weighted by Crippen LogP contribution is -1.94. The molecule has 0 aromatic heterocycles. The third-order valence-electron chi connectivity index (χ3n) is 2.11. The summed E-state index contributed by atoms with van der Waals surface area (Å²) in [6, 6.07) is 5.54. The molecule has 0 saturated carbocycles. The van der Waals surface area contributed by atoms with Crippen LogP contribution in [-0.2, 0) is 6.42 Å². The van der Waals surface area contributed by atoms with E-state index in [1.54, 1.807) is 6.07 Å². The Labute approximate surface area is 79.7 Å². The van der Waals surface area contributed by atoms with Gasteiger partial charge in [0.25, 0.3) is 0 Å².